The third-order valence-electron chi connectivity index (χ3n) is 2.40. The number of rotatable bonds is 2. The van der Waals surface area contributed by atoms with Crippen LogP contribution in [0.1, 0.15) is 19.8 Å². The zero-order valence-electron chi connectivity index (χ0n) is 7.23. The summed E-state index contributed by atoms with van der Waals surface area (Å²) in [6.07, 6.45) is 1.15. The van der Waals surface area contributed by atoms with E-state index in [0.29, 0.717) is 25.9 Å². The quantitative estimate of drug-likeness (QED) is 0.613. The van der Waals surface area contributed by atoms with Crippen LogP contribution >= 0.6 is 0 Å². The smallest absolute Gasteiger partial charge is 0.320 e. The summed E-state index contributed by atoms with van der Waals surface area (Å²) in [6.45, 7) is 3.06. The van der Waals surface area contributed by atoms with E-state index in [4.69, 9.17) is 5.11 Å². The maximum Gasteiger partial charge on any atom is 0.320 e. The highest BCUT2D eigenvalue weighted by Gasteiger charge is 2.24. The lowest BCUT2D eigenvalue weighted by Crippen LogP contribution is -2.45. The van der Waals surface area contributed by atoms with Gasteiger partial charge in [0.05, 0.1) is 6.10 Å². The molecule has 1 rings (SSSR count). The van der Waals surface area contributed by atoms with E-state index in [1.54, 1.807) is 6.92 Å². The van der Waals surface area contributed by atoms with Crippen molar-refractivity contribution >= 4 is 5.97 Å². The SMILES string of the molecule is CC(C(=O)O)N1CCC(O)CC1. The van der Waals surface area contributed by atoms with Gasteiger partial charge in [-0.25, -0.2) is 0 Å². The molecular weight excluding hydrogens is 158 g/mol. The van der Waals surface area contributed by atoms with Gasteiger partial charge in [-0.3, -0.25) is 9.69 Å². The molecule has 1 aliphatic heterocycles. The van der Waals surface area contributed by atoms with Crippen LogP contribution in [0.4, 0.5) is 0 Å². The second kappa shape index (κ2) is 3.87. The predicted octanol–water partition coefficient (Wildman–Crippen LogP) is -0.0838. The molecule has 0 spiro atoms. The molecule has 1 saturated heterocycles. The summed E-state index contributed by atoms with van der Waals surface area (Å²) in [5.74, 6) is -0.786. The highest BCUT2D eigenvalue weighted by Crippen LogP contribution is 2.12. The fourth-order valence-corrected chi connectivity index (χ4v) is 1.43. The van der Waals surface area contributed by atoms with Gasteiger partial charge in [0.1, 0.15) is 6.04 Å². The Kier molecular flexibility index (Phi) is 3.05. The van der Waals surface area contributed by atoms with Crippen LogP contribution in [0.3, 0.4) is 0 Å². The Labute approximate surface area is 71.8 Å². The van der Waals surface area contributed by atoms with Crippen LogP contribution < -0.4 is 0 Å². The van der Waals surface area contributed by atoms with Crippen LogP contribution in [0.25, 0.3) is 0 Å². The number of aliphatic hydroxyl groups is 1. The largest absolute Gasteiger partial charge is 0.480 e. The van der Waals surface area contributed by atoms with Gasteiger partial charge in [-0.05, 0) is 19.8 Å². The van der Waals surface area contributed by atoms with Crippen molar-refractivity contribution in [3.8, 4) is 0 Å². The van der Waals surface area contributed by atoms with E-state index in [2.05, 4.69) is 0 Å². The summed E-state index contributed by atoms with van der Waals surface area (Å²) >= 11 is 0. The monoisotopic (exact) mass is 173 g/mol. The van der Waals surface area contributed by atoms with Gasteiger partial charge in [0.25, 0.3) is 0 Å². The van der Waals surface area contributed by atoms with Crippen LogP contribution in [0.2, 0.25) is 0 Å². The number of carboxylic acids is 1. The van der Waals surface area contributed by atoms with Crippen LogP contribution in [0.15, 0.2) is 0 Å². The second-order valence-electron chi connectivity index (χ2n) is 3.28. The molecule has 0 bridgehead atoms. The second-order valence-corrected chi connectivity index (χ2v) is 3.28. The molecule has 2 N–H and O–H groups in total. The highest BCUT2D eigenvalue weighted by molar-refractivity contribution is 5.72. The first-order valence-electron chi connectivity index (χ1n) is 4.26. The van der Waals surface area contributed by atoms with Gasteiger partial charge >= 0.3 is 5.97 Å². The van der Waals surface area contributed by atoms with Crippen molar-refractivity contribution in [2.75, 3.05) is 13.1 Å². The molecule has 0 amide bonds. The topological polar surface area (TPSA) is 60.8 Å². The van der Waals surface area contributed by atoms with E-state index < -0.39 is 12.0 Å². The molecule has 0 aromatic carbocycles. The molecule has 0 radical (unpaired) electrons. The van der Waals surface area contributed by atoms with Gasteiger partial charge in [0, 0.05) is 13.1 Å². The minimum Gasteiger partial charge on any atom is -0.480 e. The summed E-state index contributed by atoms with van der Waals surface area (Å²) in [5, 5.41) is 17.9. The van der Waals surface area contributed by atoms with Gasteiger partial charge in [-0.15, -0.1) is 0 Å². The molecule has 1 unspecified atom stereocenters. The van der Waals surface area contributed by atoms with Crippen LogP contribution in [0.5, 0.6) is 0 Å². The third-order valence-corrected chi connectivity index (χ3v) is 2.40. The van der Waals surface area contributed by atoms with Crippen LogP contribution in [-0.4, -0.2) is 46.3 Å². The first-order valence-corrected chi connectivity index (χ1v) is 4.26. The van der Waals surface area contributed by atoms with Crippen LogP contribution in [0, 0.1) is 0 Å². The molecular formula is C8H15NO3. The van der Waals surface area contributed by atoms with Gasteiger partial charge in [0.2, 0.25) is 0 Å². The number of carbonyl (C=O) groups is 1. The fraction of sp³-hybridized carbons (Fsp3) is 0.875. The van der Waals surface area contributed by atoms with Crippen molar-refractivity contribution in [3.05, 3.63) is 0 Å². The fourth-order valence-electron chi connectivity index (χ4n) is 1.43. The van der Waals surface area contributed by atoms with Crippen LogP contribution in [-0.2, 0) is 4.79 Å². The summed E-state index contributed by atoms with van der Waals surface area (Å²) in [6, 6.07) is -0.419. The average molecular weight is 173 g/mol. The summed E-state index contributed by atoms with van der Waals surface area (Å²) in [5.41, 5.74) is 0. The lowest BCUT2D eigenvalue weighted by molar-refractivity contribution is -0.143. The first kappa shape index (κ1) is 9.48. The number of piperidine rings is 1. The van der Waals surface area contributed by atoms with E-state index in [1.165, 1.54) is 0 Å². The molecule has 1 aliphatic rings. The highest BCUT2D eigenvalue weighted by atomic mass is 16.4. The van der Waals surface area contributed by atoms with Crippen molar-refractivity contribution in [2.45, 2.75) is 31.9 Å². The van der Waals surface area contributed by atoms with Gasteiger partial charge in [-0.1, -0.05) is 0 Å². The number of hydrogen-bond acceptors (Lipinski definition) is 3. The van der Waals surface area contributed by atoms with Crippen molar-refractivity contribution < 1.29 is 15.0 Å². The van der Waals surface area contributed by atoms with Crippen molar-refractivity contribution in [2.24, 2.45) is 0 Å². The zero-order valence-corrected chi connectivity index (χ0v) is 7.23. The average Bonchev–Trinajstić information content (AvgIpc) is 2.04. The lowest BCUT2D eigenvalue weighted by atomic mass is 10.1. The number of hydrogen-bond donors (Lipinski definition) is 2. The normalized spacial score (nSPS) is 23.8. The lowest BCUT2D eigenvalue weighted by Gasteiger charge is -2.32. The Morgan fingerprint density at radius 1 is 1.50 bits per heavy atom. The Morgan fingerprint density at radius 3 is 2.42 bits per heavy atom. The zero-order chi connectivity index (χ0) is 9.14. The van der Waals surface area contributed by atoms with Gasteiger partial charge in [0.15, 0.2) is 0 Å². The molecule has 1 heterocycles. The maximum atomic E-state index is 10.6. The number of aliphatic hydroxyl groups excluding tert-OH is 1. The Hall–Kier alpha value is -0.610. The number of carboxylic acid groups (broad SMARTS) is 1. The molecule has 12 heavy (non-hydrogen) atoms. The standard InChI is InChI=1S/C8H15NO3/c1-6(8(11)12)9-4-2-7(10)3-5-9/h6-7,10H,2-5H2,1H3,(H,11,12). The Balaban J connectivity index is 2.39. The molecule has 4 nitrogen and oxygen atoms in total. The van der Waals surface area contributed by atoms with E-state index in [0.717, 1.165) is 0 Å². The first-order chi connectivity index (χ1) is 5.61. The number of likely N-dealkylation sites (tertiary alicyclic amines) is 1. The number of aliphatic carboxylic acids is 1. The van der Waals surface area contributed by atoms with Gasteiger partial charge in [-0.2, -0.15) is 0 Å². The third kappa shape index (κ3) is 2.19. The van der Waals surface area contributed by atoms with Gasteiger partial charge < -0.3 is 10.2 Å². The number of nitrogens with zero attached hydrogens (tertiary/aromatic N) is 1. The summed E-state index contributed by atoms with van der Waals surface area (Å²) in [4.78, 5) is 12.5. The molecule has 0 aromatic rings. The minimum absolute atomic E-state index is 0.234. The van der Waals surface area contributed by atoms with Crippen molar-refractivity contribution in [1.82, 2.24) is 4.90 Å². The van der Waals surface area contributed by atoms with E-state index in [-0.39, 0.29) is 6.10 Å². The predicted molar refractivity (Wildman–Crippen MR) is 43.9 cm³/mol. The van der Waals surface area contributed by atoms with E-state index in [9.17, 15) is 9.90 Å². The minimum atomic E-state index is -0.786. The molecule has 70 valence electrons. The summed E-state index contributed by atoms with van der Waals surface area (Å²) in [7, 11) is 0. The molecule has 0 aliphatic carbocycles. The maximum absolute atomic E-state index is 10.6. The van der Waals surface area contributed by atoms with E-state index >= 15 is 0 Å². The molecule has 1 fully saturated rings. The van der Waals surface area contributed by atoms with E-state index in [1.807, 2.05) is 4.90 Å². The Morgan fingerprint density at radius 2 is 2.00 bits per heavy atom. The van der Waals surface area contributed by atoms with Crippen molar-refractivity contribution in [3.63, 3.8) is 0 Å². The Bertz CT molecular complexity index is 164. The molecule has 0 saturated carbocycles. The molecule has 0 aromatic heterocycles. The van der Waals surface area contributed by atoms with Crippen molar-refractivity contribution in [1.29, 1.82) is 0 Å². The molecule has 4 heteroatoms. The summed E-state index contributed by atoms with van der Waals surface area (Å²) < 4.78 is 0. The molecule has 1 atom stereocenters.